The lowest BCUT2D eigenvalue weighted by molar-refractivity contribution is -0.305. The average Bonchev–Trinajstić information content (AvgIpc) is 3.31. The number of nitrogens with one attached hydrogen (secondary N) is 1. The molecule has 0 aromatic carbocycles. The highest BCUT2D eigenvalue weighted by molar-refractivity contribution is 5.80. The standard InChI is InChI=1S/C55H103NO10/c1-4-7-10-13-16-19-22-24-25-28-30-33-36-39-42-48(59)54(63)56-46(47(58)41-38-35-32-29-27-23-20-17-14-11-8-5-2)45-64-55-53(52(62)51(61)49(44-57)65-55)66-50(60)43-40-37-34-31-26-21-18-15-12-9-6-3/h19,22,38,41,46-49,51-53,55,57-59,61-62H,4-18,20-21,23-37,39-40,42-45H2,1-3H3,(H,56,63)/b22-19-,41-38+. The normalized spacial score (nSPS) is 20.3. The van der Waals surface area contributed by atoms with Crippen LogP contribution in [0.5, 0.6) is 0 Å². The van der Waals surface area contributed by atoms with Crippen molar-refractivity contribution in [3.8, 4) is 0 Å². The van der Waals surface area contributed by atoms with Gasteiger partial charge in [0.2, 0.25) is 5.91 Å². The third kappa shape index (κ3) is 32.8. The number of hydrogen-bond donors (Lipinski definition) is 6. The van der Waals surface area contributed by atoms with E-state index in [4.69, 9.17) is 14.2 Å². The highest BCUT2D eigenvalue weighted by Gasteiger charge is 2.47. The summed E-state index contributed by atoms with van der Waals surface area (Å²) in [5.74, 6) is -1.19. The lowest BCUT2D eigenvalue weighted by Gasteiger charge is -2.41. The zero-order valence-corrected chi connectivity index (χ0v) is 42.6. The lowest BCUT2D eigenvalue weighted by atomic mass is 9.99. The van der Waals surface area contributed by atoms with Crippen molar-refractivity contribution in [1.82, 2.24) is 5.32 Å². The zero-order chi connectivity index (χ0) is 48.3. The maximum absolute atomic E-state index is 13.3. The minimum Gasteiger partial charge on any atom is -0.454 e. The number of allylic oxidation sites excluding steroid dienone is 3. The summed E-state index contributed by atoms with van der Waals surface area (Å²) in [5.41, 5.74) is 0. The Morgan fingerprint density at radius 2 is 1.00 bits per heavy atom. The van der Waals surface area contributed by atoms with Crippen molar-refractivity contribution < 1.29 is 49.3 Å². The van der Waals surface area contributed by atoms with Crippen molar-refractivity contribution in [1.29, 1.82) is 0 Å². The van der Waals surface area contributed by atoms with Crippen LogP contribution in [0.1, 0.15) is 252 Å². The zero-order valence-electron chi connectivity index (χ0n) is 42.6. The molecule has 0 radical (unpaired) electrons. The van der Waals surface area contributed by atoms with Gasteiger partial charge in [-0.15, -0.1) is 0 Å². The summed E-state index contributed by atoms with van der Waals surface area (Å²) in [7, 11) is 0. The summed E-state index contributed by atoms with van der Waals surface area (Å²) in [6.45, 7) is 5.75. The molecule has 1 heterocycles. The van der Waals surface area contributed by atoms with Gasteiger partial charge in [0.1, 0.15) is 24.4 Å². The molecule has 1 aliphatic rings. The molecule has 0 aromatic rings. The molecule has 1 aliphatic heterocycles. The van der Waals surface area contributed by atoms with Crippen LogP contribution >= 0.6 is 0 Å². The van der Waals surface area contributed by atoms with Gasteiger partial charge in [0.25, 0.3) is 0 Å². The molecule has 0 aromatic heterocycles. The Morgan fingerprint density at radius 3 is 1.48 bits per heavy atom. The second-order valence-corrected chi connectivity index (χ2v) is 19.3. The Labute approximate surface area is 403 Å². The molecule has 388 valence electrons. The van der Waals surface area contributed by atoms with E-state index in [1.165, 1.54) is 135 Å². The smallest absolute Gasteiger partial charge is 0.306 e. The minimum atomic E-state index is -1.61. The Kier molecular flexibility index (Phi) is 41.8. The maximum atomic E-state index is 13.3. The number of ether oxygens (including phenoxy) is 3. The molecule has 8 unspecified atom stereocenters. The number of aliphatic hydroxyl groups is 5. The molecule has 11 nitrogen and oxygen atoms in total. The monoisotopic (exact) mass is 938 g/mol. The molecular formula is C55H103NO10. The number of rotatable bonds is 46. The Balaban J connectivity index is 2.76. The molecule has 0 saturated carbocycles. The largest absolute Gasteiger partial charge is 0.454 e. The maximum Gasteiger partial charge on any atom is 0.306 e. The van der Waals surface area contributed by atoms with E-state index in [9.17, 15) is 35.1 Å². The predicted molar refractivity (Wildman–Crippen MR) is 269 cm³/mol. The first-order valence-corrected chi connectivity index (χ1v) is 27.6. The van der Waals surface area contributed by atoms with Crippen LogP contribution in [-0.4, -0.2) is 99.6 Å². The van der Waals surface area contributed by atoms with E-state index >= 15 is 0 Å². The van der Waals surface area contributed by atoms with E-state index in [0.717, 1.165) is 70.6 Å². The van der Waals surface area contributed by atoms with Crippen LogP contribution in [0.25, 0.3) is 0 Å². The molecule has 1 amide bonds. The van der Waals surface area contributed by atoms with E-state index < -0.39 is 67.4 Å². The summed E-state index contributed by atoms with van der Waals surface area (Å²) < 4.78 is 17.5. The highest BCUT2D eigenvalue weighted by atomic mass is 16.7. The predicted octanol–water partition coefficient (Wildman–Crippen LogP) is 11.8. The van der Waals surface area contributed by atoms with Crippen molar-refractivity contribution in [2.45, 2.75) is 301 Å². The van der Waals surface area contributed by atoms with Gasteiger partial charge in [-0.1, -0.05) is 218 Å². The number of unbranched alkanes of at least 4 members (excludes halogenated alkanes) is 30. The van der Waals surface area contributed by atoms with Gasteiger partial charge in [-0.25, -0.2) is 0 Å². The summed E-state index contributed by atoms with van der Waals surface area (Å²) >= 11 is 0. The molecule has 0 bridgehead atoms. The summed E-state index contributed by atoms with van der Waals surface area (Å²) in [5, 5.41) is 56.6. The van der Waals surface area contributed by atoms with Crippen molar-refractivity contribution >= 4 is 11.9 Å². The number of amides is 1. The molecule has 1 rings (SSSR count). The van der Waals surface area contributed by atoms with Crippen LogP contribution in [0.15, 0.2) is 24.3 Å². The number of carbonyl (C=O) groups excluding carboxylic acids is 2. The van der Waals surface area contributed by atoms with Gasteiger partial charge in [0.05, 0.1) is 25.4 Å². The fourth-order valence-corrected chi connectivity index (χ4v) is 8.65. The molecule has 6 N–H and O–H groups in total. The van der Waals surface area contributed by atoms with Crippen LogP contribution in [0, 0.1) is 0 Å². The van der Waals surface area contributed by atoms with Crippen molar-refractivity contribution in [3.05, 3.63) is 24.3 Å². The topological polar surface area (TPSA) is 175 Å². The van der Waals surface area contributed by atoms with Gasteiger partial charge in [0, 0.05) is 6.42 Å². The molecule has 8 atom stereocenters. The number of hydrogen-bond acceptors (Lipinski definition) is 10. The molecule has 0 spiro atoms. The van der Waals surface area contributed by atoms with Crippen LogP contribution in [0.3, 0.4) is 0 Å². The van der Waals surface area contributed by atoms with Crippen molar-refractivity contribution in [3.63, 3.8) is 0 Å². The van der Waals surface area contributed by atoms with Crippen LogP contribution < -0.4 is 5.32 Å². The molecule has 1 saturated heterocycles. The van der Waals surface area contributed by atoms with Crippen LogP contribution in [0.4, 0.5) is 0 Å². The fourth-order valence-electron chi connectivity index (χ4n) is 8.65. The number of esters is 1. The van der Waals surface area contributed by atoms with Gasteiger partial charge in [0.15, 0.2) is 12.4 Å². The Morgan fingerprint density at radius 1 is 0.576 bits per heavy atom. The van der Waals surface area contributed by atoms with Gasteiger partial charge < -0.3 is 45.1 Å². The molecular weight excluding hydrogens is 835 g/mol. The van der Waals surface area contributed by atoms with E-state index in [1.54, 1.807) is 6.08 Å². The summed E-state index contributed by atoms with van der Waals surface area (Å²) in [6, 6.07) is -1.02. The van der Waals surface area contributed by atoms with E-state index in [1.807, 2.05) is 6.08 Å². The minimum absolute atomic E-state index is 0.127. The first-order chi connectivity index (χ1) is 32.2. The van der Waals surface area contributed by atoms with E-state index in [0.29, 0.717) is 12.8 Å². The van der Waals surface area contributed by atoms with Gasteiger partial charge in [-0.3, -0.25) is 9.59 Å². The number of carbonyl (C=O) groups is 2. The average molecular weight is 938 g/mol. The SMILES string of the molecule is CCCCCC/C=C\CCCCCCCCC(O)C(=O)NC(COC1OC(CO)C(O)C(O)C1OC(=O)CCCCCCCCCCCCC)C(O)/C=C/CCCCCCCCCCCC. The second-order valence-electron chi connectivity index (χ2n) is 19.3. The van der Waals surface area contributed by atoms with E-state index in [2.05, 4.69) is 38.2 Å². The fraction of sp³-hybridized carbons (Fsp3) is 0.891. The van der Waals surface area contributed by atoms with Gasteiger partial charge >= 0.3 is 5.97 Å². The molecule has 0 aliphatic carbocycles. The van der Waals surface area contributed by atoms with Gasteiger partial charge in [-0.05, 0) is 51.4 Å². The summed E-state index contributed by atoms with van der Waals surface area (Å²) in [6.07, 6.45) is 38.0. The van der Waals surface area contributed by atoms with Crippen molar-refractivity contribution in [2.24, 2.45) is 0 Å². The van der Waals surface area contributed by atoms with Crippen molar-refractivity contribution in [2.75, 3.05) is 13.2 Å². The summed E-state index contributed by atoms with van der Waals surface area (Å²) in [4.78, 5) is 26.3. The Hall–Kier alpha value is -1.86. The second kappa shape index (κ2) is 44.4. The van der Waals surface area contributed by atoms with Crippen LogP contribution in [0.2, 0.25) is 0 Å². The quantitative estimate of drug-likeness (QED) is 0.0196. The first-order valence-electron chi connectivity index (χ1n) is 27.6. The van der Waals surface area contributed by atoms with Crippen LogP contribution in [-0.2, 0) is 23.8 Å². The lowest BCUT2D eigenvalue weighted by Crippen LogP contribution is -2.61. The molecule has 1 fully saturated rings. The number of aliphatic hydroxyl groups excluding tert-OH is 5. The molecule has 66 heavy (non-hydrogen) atoms. The Bertz CT molecular complexity index is 1170. The molecule has 11 heteroatoms. The third-order valence-corrected chi connectivity index (χ3v) is 13.1. The van der Waals surface area contributed by atoms with E-state index in [-0.39, 0.29) is 19.4 Å². The highest BCUT2D eigenvalue weighted by Crippen LogP contribution is 2.26. The third-order valence-electron chi connectivity index (χ3n) is 13.1. The first kappa shape index (κ1) is 62.2. The van der Waals surface area contributed by atoms with Gasteiger partial charge in [-0.2, -0.15) is 0 Å².